The fourth-order valence-corrected chi connectivity index (χ4v) is 3.19. The van der Waals surface area contributed by atoms with Gasteiger partial charge in [-0.1, -0.05) is 11.6 Å². The number of guanidine groups is 1. The lowest BCUT2D eigenvalue weighted by molar-refractivity contribution is -0.137. The Morgan fingerprint density at radius 3 is 2.86 bits per heavy atom. The van der Waals surface area contributed by atoms with Gasteiger partial charge in [0.1, 0.15) is 5.82 Å². The molecular weight excluding hydrogens is 395 g/mol. The summed E-state index contributed by atoms with van der Waals surface area (Å²) in [5.74, 6) is 1.09. The zero-order valence-corrected chi connectivity index (χ0v) is 16.9. The van der Waals surface area contributed by atoms with Crippen LogP contribution >= 0.6 is 11.6 Å². The van der Waals surface area contributed by atoms with E-state index in [9.17, 15) is 13.2 Å². The van der Waals surface area contributed by atoms with E-state index in [1.807, 2.05) is 18.7 Å². The number of nitrogens with zero attached hydrogens (tertiary/aromatic N) is 3. The number of alkyl halides is 3. The average Bonchev–Trinajstić information content (AvgIpc) is 3.09. The molecule has 28 heavy (non-hydrogen) atoms. The Hall–Kier alpha value is -1.74. The molecule has 0 aliphatic carbocycles. The van der Waals surface area contributed by atoms with Gasteiger partial charge in [-0.25, -0.2) is 4.98 Å². The summed E-state index contributed by atoms with van der Waals surface area (Å²) < 4.78 is 43.6. The van der Waals surface area contributed by atoms with Gasteiger partial charge in [-0.2, -0.15) is 13.2 Å². The fraction of sp³-hybridized carbons (Fsp3) is 0.667. The largest absolute Gasteiger partial charge is 0.417 e. The molecule has 1 aromatic rings. The Morgan fingerprint density at radius 2 is 2.21 bits per heavy atom. The predicted molar refractivity (Wildman–Crippen MR) is 105 cm³/mol. The lowest BCUT2D eigenvalue weighted by Crippen LogP contribution is -2.44. The molecule has 1 aromatic heterocycles. The average molecular weight is 422 g/mol. The van der Waals surface area contributed by atoms with E-state index in [1.165, 1.54) is 0 Å². The Balaban J connectivity index is 1.93. The molecule has 1 aliphatic rings. The van der Waals surface area contributed by atoms with Gasteiger partial charge in [0.15, 0.2) is 5.96 Å². The zero-order valence-electron chi connectivity index (χ0n) is 16.2. The number of anilines is 1. The minimum absolute atomic E-state index is 0.00646. The molecule has 158 valence electrons. The van der Waals surface area contributed by atoms with Gasteiger partial charge < -0.3 is 20.3 Å². The Kier molecular flexibility index (Phi) is 8.62. The highest BCUT2D eigenvalue weighted by molar-refractivity contribution is 6.33. The van der Waals surface area contributed by atoms with Crippen molar-refractivity contribution < 1.29 is 17.9 Å². The van der Waals surface area contributed by atoms with Crippen molar-refractivity contribution in [3.05, 3.63) is 22.8 Å². The third kappa shape index (κ3) is 6.70. The first-order chi connectivity index (χ1) is 13.3. The molecule has 10 heteroatoms. The van der Waals surface area contributed by atoms with E-state index in [2.05, 4.69) is 20.6 Å². The molecule has 1 fully saturated rings. The van der Waals surface area contributed by atoms with Crippen LogP contribution in [0.1, 0.15) is 32.3 Å². The highest BCUT2D eigenvalue weighted by Gasteiger charge is 2.33. The minimum atomic E-state index is -4.45. The van der Waals surface area contributed by atoms with Gasteiger partial charge in [-0.05, 0) is 32.8 Å². The number of aliphatic imine (C=N–C) groups is 1. The molecule has 0 amide bonds. The molecule has 1 saturated heterocycles. The van der Waals surface area contributed by atoms with Crippen LogP contribution in [-0.4, -0.2) is 56.4 Å². The van der Waals surface area contributed by atoms with Gasteiger partial charge in [0.05, 0.1) is 10.6 Å². The fourth-order valence-electron chi connectivity index (χ4n) is 2.90. The van der Waals surface area contributed by atoms with Crippen LogP contribution in [-0.2, 0) is 10.9 Å². The number of rotatable bonds is 8. The summed E-state index contributed by atoms with van der Waals surface area (Å²) in [6.45, 7) is 7.94. The van der Waals surface area contributed by atoms with Crippen molar-refractivity contribution in [2.45, 2.75) is 38.9 Å². The topological polar surface area (TPSA) is 61.8 Å². The van der Waals surface area contributed by atoms with Gasteiger partial charge in [-0.3, -0.25) is 4.99 Å². The monoisotopic (exact) mass is 421 g/mol. The summed E-state index contributed by atoms with van der Waals surface area (Å²) in [4.78, 5) is 10.4. The Bertz CT molecular complexity index is 657. The second kappa shape index (κ2) is 10.7. The maximum Gasteiger partial charge on any atom is 0.417 e. The molecule has 1 aliphatic heterocycles. The highest BCUT2D eigenvalue weighted by Crippen LogP contribution is 2.34. The highest BCUT2D eigenvalue weighted by atomic mass is 35.5. The van der Waals surface area contributed by atoms with Crippen molar-refractivity contribution in [2.24, 2.45) is 4.99 Å². The van der Waals surface area contributed by atoms with Crippen molar-refractivity contribution in [2.75, 3.05) is 44.3 Å². The standard InChI is InChI=1S/C18H27ClF3N5O/c1-3-23-17(24-7-5-9-28-4-2)26-14-6-8-27(12-14)16-15(19)10-13(11-25-16)18(20,21)22/h10-11,14H,3-9,12H2,1-2H3,(H2,23,24,26). The van der Waals surface area contributed by atoms with Gasteiger partial charge in [0, 0.05) is 51.6 Å². The number of ether oxygens (including phenoxy) is 1. The van der Waals surface area contributed by atoms with E-state index in [1.54, 1.807) is 0 Å². The van der Waals surface area contributed by atoms with Gasteiger partial charge in [-0.15, -0.1) is 0 Å². The van der Waals surface area contributed by atoms with Crippen LogP contribution in [0.4, 0.5) is 19.0 Å². The van der Waals surface area contributed by atoms with E-state index in [4.69, 9.17) is 16.3 Å². The summed E-state index contributed by atoms with van der Waals surface area (Å²) in [6.07, 6.45) is -1.98. The SMILES string of the molecule is CCNC(=NCCCOCC)NC1CCN(c2ncc(C(F)(F)F)cc2Cl)C1. The number of aromatic nitrogens is 1. The van der Waals surface area contributed by atoms with Gasteiger partial charge >= 0.3 is 6.18 Å². The van der Waals surface area contributed by atoms with Crippen LogP contribution < -0.4 is 15.5 Å². The molecule has 0 spiro atoms. The molecule has 6 nitrogen and oxygen atoms in total. The number of pyridine rings is 1. The molecule has 0 aromatic carbocycles. The van der Waals surface area contributed by atoms with Crippen LogP contribution in [0.2, 0.25) is 5.02 Å². The maximum atomic E-state index is 12.8. The zero-order chi connectivity index (χ0) is 20.6. The van der Waals surface area contributed by atoms with E-state index in [0.29, 0.717) is 38.7 Å². The van der Waals surface area contributed by atoms with Crippen LogP contribution in [0.25, 0.3) is 0 Å². The van der Waals surface area contributed by atoms with E-state index >= 15 is 0 Å². The first kappa shape index (κ1) is 22.5. The Labute approximate surface area is 168 Å². The summed E-state index contributed by atoms with van der Waals surface area (Å²) in [5.41, 5.74) is -0.844. The molecule has 2 heterocycles. The maximum absolute atomic E-state index is 12.8. The van der Waals surface area contributed by atoms with Crippen LogP contribution in [0.5, 0.6) is 0 Å². The summed E-state index contributed by atoms with van der Waals surface area (Å²) in [5, 5.41) is 6.58. The molecule has 0 bridgehead atoms. The minimum Gasteiger partial charge on any atom is -0.382 e. The molecule has 0 saturated carbocycles. The molecular formula is C18H27ClF3N5O. The van der Waals surface area contributed by atoms with Gasteiger partial charge in [0.25, 0.3) is 0 Å². The quantitative estimate of drug-likeness (QED) is 0.383. The van der Waals surface area contributed by atoms with Crippen LogP contribution in [0, 0.1) is 0 Å². The summed E-state index contributed by atoms with van der Waals surface area (Å²) >= 11 is 6.06. The molecule has 2 rings (SSSR count). The van der Waals surface area contributed by atoms with Crippen molar-refractivity contribution in [1.82, 2.24) is 15.6 Å². The number of nitrogens with one attached hydrogen (secondary N) is 2. The Morgan fingerprint density at radius 1 is 1.43 bits per heavy atom. The van der Waals surface area contributed by atoms with Crippen molar-refractivity contribution in [1.29, 1.82) is 0 Å². The smallest absolute Gasteiger partial charge is 0.382 e. The second-order valence-corrected chi connectivity index (χ2v) is 6.82. The number of halogens is 4. The molecule has 0 radical (unpaired) electrons. The first-order valence-corrected chi connectivity index (χ1v) is 9.83. The lowest BCUT2D eigenvalue weighted by Gasteiger charge is -2.21. The van der Waals surface area contributed by atoms with Gasteiger partial charge in [0.2, 0.25) is 0 Å². The number of hydrogen-bond acceptors (Lipinski definition) is 4. The molecule has 1 atom stereocenters. The van der Waals surface area contributed by atoms with Crippen LogP contribution in [0.15, 0.2) is 17.3 Å². The van der Waals surface area contributed by atoms with E-state index < -0.39 is 11.7 Å². The third-order valence-corrected chi connectivity index (χ3v) is 4.52. The summed E-state index contributed by atoms with van der Waals surface area (Å²) in [7, 11) is 0. The molecule has 2 N–H and O–H groups in total. The lowest BCUT2D eigenvalue weighted by atomic mass is 10.2. The second-order valence-electron chi connectivity index (χ2n) is 6.41. The molecule has 1 unspecified atom stereocenters. The number of hydrogen-bond donors (Lipinski definition) is 2. The predicted octanol–water partition coefficient (Wildman–Crippen LogP) is 3.31. The van der Waals surface area contributed by atoms with E-state index in [-0.39, 0.29) is 11.1 Å². The van der Waals surface area contributed by atoms with E-state index in [0.717, 1.165) is 37.6 Å². The van der Waals surface area contributed by atoms with Crippen molar-refractivity contribution in [3.8, 4) is 0 Å². The first-order valence-electron chi connectivity index (χ1n) is 9.45. The van der Waals surface area contributed by atoms with Crippen molar-refractivity contribution in [3.63, 3.8) is 0 Å². The summed E-state index contributed by atoms with van der Waals surface area (Å²) in [6, 6.07) is 1.03. The normalized spacial score (nSPS) is 17.9. The van der Waals surface area contributed by atoms with Crippen LogP contribution in [0.3, 0.4) is 0 Å². The van der Waals surface area contributed by atoms with Crippen molar-refractivity contribution >= 4 is 23.4 Å². The third-order valence-electron chi connectivity index (χ3n) is 4.24.